The number of urea groups is 1. The van der Waals surface area contributed by atoms with Gasteiger partial charge in [0.15, 0.2) is 0 Å². The fraction of sp³-hybridized carbons (Fsp3) is 0.130. The number of imide groups is 1. The first-order valence-corrected chi connectivity index (χ1v) is 9.37. The Morgan fingerprint density at radius 1 is 0.967 bits per heavy atom. The zero-order chi connectivity index (χ0) is 21.4. The van der Waals surface area contributed by atoms with E-state index < -0.39 is 11.9 Å². The Bertz CT molecular complexity index is 1180. The SMILES string of the molecule is Cc1cc(/C=C2\NC(=O)N(Cc3ccc(F)cc3)C2=O)c(C)n1-c1cccc(F)c1. The molecule has 3 aromatic rings. The number of amides is 3. The molecule has 0 bridgehead atoms. The maximum Gasteiger partial charge on any atom is 0.329 e. The van der Waals surface area contributed by atoms with E-state index in [2.05, 4.69) is 5.32 Å². The molecule has 0 saturated carbocycles. The number of carbonyl (C=O) groups is 2. The highest BCUT2D eigenvalue weighted by Crippen LogP contribution is 2.25. The maximum atomic E-state index is 13.6. The molecule has 3 amide bonds. The van der Waals surface area contributed by atoms with E-state index in [0.717, 1.165) is 21.9 Å². The second-order valence-electron chi connectivity index (χ2n) is 7.15. The first-order chi connectivity index (χ1) is 14.3. The minimum absolute atomic E-state index is 0.0462. The largest absolute Gasteiger partial charge is 0.329 e. The van der Waals surface area contributed by atoms with Crippen molar-refractivity contribution in [2.45, 2.75) is 20.4 Å². The van der Waals surface area contributed by atoms with Gasteiger partial charge in [0.25, 0.3) is 5.91 Å². The summed E-state index contributed by atoms with van der Waals surface area (Å²) in [5.74, 6) is -1.18. The molecule has 1 aliphatic heterocycles. The summed E-state index contributed by atoms with van der Waals surface area (Å²) in [4.78, 5) is 26.1. The average Bonchev–Trinajstić information content (AvgIpc) is 3.13. The third-order valence-electron chi connectivity index (χ3n) is 5.05. The fourth-order valence-electron chi connectivity index (χ4n) is 3.59. The molecule has 30 heavy (non-hydrogen) atoms. The van der Waals surface area contributed by atoms with Crippen LogP contribution in [-0.2, 0) is 11.3 Å². The molecule has 0 aliphatic carbocycles. The lowest BCUT2D eigenvalue weighted by atomic mass is 10.2. The van der Waals surface area contributed by atoms with Crippen LogP contribution >= 0.6 is 0 Å². The number of nitrogens with zero attached hydrogens (tertiary/aromatic N) is 2. The first kappa shape index (κ1) is 19.6. The van der Waals surface area contributed by atoms with E-state index in [1.165, 1.54) is 36.4 Å². The van der Waals surface area contributed by atoms with Gasteiger partial charge in [-0.3, -0.25) is 9.69 Å². The number of halogens is 2. The van der Waals surface area contributed by atoms with E-state index in [-0.39, 0.29) is 23.9 Å². The number of hydrogen-bond acceptors (Lipinski definition) is 2. The van der Waals surface area contributed by atoms with E-state index in [9.17, 15) is 18.4 Å². The number of carbonyl (C=O) groups excluding carboxylic acids is 2. The molecule has 4 rings (SSSR count). The van der Waals surface area contributed by atoms with Crippen LogP contribution in [-0.4, -0.2) is 21.4 Å². The van der Waals surface area contributed by atoms with Crippen LogP contribution in [0.2, 0.25) is 0 Å². The van der Waals surface area contributed by atoms with Gasteiger partial charge in [0.1, 0.15) is 17.3 Å². The van der Waals surface area contributed by atoms with Crippen LogP contribution in [0.15, 0.2) is 60.3 Å². The van der Waals surface area contributed by atoms with Gasteiger partial charge in [-0.2, -0.15) is 0 Å². The Labute approximate surface area is 172 Å². The highest BCUT2D eigenvalue weighted by Gasteiger charge is 2.33. The summed E-state index contributed by atoms with van der Waals surface area (Å²) in [5.41, 5.74) is 3.89. The molecule has 5 nitrogen and oxygen atoms in total. The summed E-state index contributed by atoms with van der Waals surface area (Å²) in [6.45, 7) is 3.79. The number of nitrogens with one attached hydrogen (secondary N) is 1. The van der Waals surface area contributed by atoms with Crippen molar-refractivity contribution in [2.75, 3.05) is 0 Å². The van der Waals surface area contributed by atoms with Crippen LogP contribution in [0.25, 0.3) is 11.8 Å². The van der Waals surface area contributed by atoms with Gasteiger partial charge < -0.3 is 9.88 Å². The normalized spacial score (nSPS) is 15.2. The third-order valence-corrected chi connectivity index (χ3v) is 5.05. The molecule has 2 heterocycles. The van der Waals surface area contributed by atoms with Gasteiger partial charge in [0, 0.05) is 17.1 Å². The van der Waals surface area contributed by atoms with Crippen molar-refractivity contribution in [3.8, 4) is 5.69 Å². The smallest absolute Gasteiger partial charge is 0.318 e. The average molecular weight is 407 g/mol. The maximum absolute atomic E-state index is 13.6. The van der Waals surface area contributed by atoms with Crippen LogP contribution in [0, 0.1) is 25.5 Å². The Morgan fingerprint density at radius 2 is 1.70 bits per heavy atom. The molecule has 152 valence electrons. The zero-order valence-electron chi connectivity index (χ0n) is 16.4. The number of rotatable bonds is 4. The number of aromatic nitrogens is 1. The van der Waals surface area contributed by atoms with Crippen molar-refractivity contribution in [1.29, 1.82) is 0 Å². The summed E-state index contributed by atoms with van der Waals surface area (Å²) in [6.07, 6.45) is 1.61. The Balaban J connectivity index is 1.62. The Hall–Kier alpha value is -3.74. The molecule has 0 radical (unpaired) electrons. The standard InChI is InChI=1S/C23H19F2N3O2/c1-14-10-17(15(2)28(14)20-5-3-4-19(25)12-20)11-21-22(29)27(23(30)26-21)13-16-6-8-18(24)9-7-16/h3-12H,13H2,1-2H3,(H,26,30)/b21-11-. The summed E-state index contributed by atoms with van der Waals surface area (Å²) in [7, 11) is 0. The van der Waals surface area contributed by atoms with Crippen molar-refractivity contribution in [3.63, 3.8) is 0 Å². The van der Waals surface area contributed by atoms with E-state index in [1.807, 2.05) is 24.5 Å². The lowest BCUT2D eigenvalue weighted by Gasteiger charge is -2.11. The highest BCUT2D eigenvalue weighted by molar-refractivity contribution is 6.13. The molecule has 0 unspecified atom stereocenters. The van der Waals surface area contributed by atoms with Crippen molar-refractivity contribution in [3.05, 3.63) is 94.4 Å². The van der Waals surface area contributed by atoms with Crippen molar-refractivity contribution in [2.24, 2.45) is 0 Å². The second-order valence-corrected chi connectivity index (χ2v) is 7.15. The molecule has 1 aliphatic rings. The second kappa shape index (κ2) is 7.59. The van der Waals surface area contributed by atoms with E-state index >= 15 is 0 Å². The quantitative estimate of drug-likeness (QED) is 0.513. The van der Waals surface area contributed by atoms with Crippen LogP contribution < -0.4 is 5.32 Å². The summed E-state index contributed by atoms with van der Waals surface area (Å²) in [5, 5.41) is 2.59. The summed E-state index contributed by atoms with van der Waals surface area (Å²) in [6, 6.07) is 13.2. The van der Waals surface area contributed by atoms with Crippen molar-refractivity contribution >= 4 is 18.0 Å². The molecule has 0 spiro atoms. The van der Waals surface area contributed by atoms with E-state index in [4.69, 9.17) is 0 Å². The molecule has 1 aromatic heterocycles. The predicted molar refractivity (Wildman–Crippen MR) is 109 cm³/mol. The lowest BCUT2D eigenvalue weighted by Crippen LogP contribution is -2.30. The van der Waals surface area contributed by atoms with Gasteiger partial charge in [-0.15, -0.1) is 0 Å². The molecular weight excluding hydrogens is 388 g/mol. The number of hydrogen-bond donors (Lipinski definition) is 1. The van der Waals surface area contributed by atoms with Gasteiger partial charge in [0.05, 0.1) is 6.54 Å². The predicted octanol–water partition coefficient (Wildman–Crippen LogP) is 4.47. The topological polar surface area (TPSA) is 54.3 Å². The summed E-state index contributed by atoms with van der Waals surface area (Å²) < 4.78 is 28.6. The highest BCUT2D eigenvalue weighted by atomic mass is 19.1. The molecular formula is C23H19F2N3O2. The molecule has 1 saturated heterocycles. The Morgan fingerprint density at radius 3 is 2.40 bits per heavy atom. The molecule has 0 atom stereocenters. The van der Waals surface area contributed by atoms with Crippen molar-refractivity contribution in [1.82, 2.24) is 14.8 Å². The molecule has 1 fully saturated rings. The number of benzene rings is 2. The van der Waals surface area contributed by atoms with Gasteiger partial charge in [0.2, 0.25) is 0 Å². The van der Waals surface area contributed by atoms with Crippen LogP contribution in [0.3, 0.4) is 0 Å². The molecule has 2 aromatic carbocycles. The Kier molecular flexibility index (Phi) is 4.95. The lowest BCUT2D eigenvalue weighted by molar-refractivity contribution is -0.123. The van der Waals surface area contributed by atoms with Gasteiger partial charge in [-0.05, 0) is 67.4 Å². The fourth-order valence-corrected chi connectivity index (χ4v) is 3.59. The minimum atomic E-state index is -0.533. The third kappa shape index (κ3) is 3.61. The molecule has 1 N–H and O–H groups in total. The van der Waals surface area contributed by atoms with Gasteiger partial charge >= 0.3 is 6.03 Å². The van der Waals surface area contributed by atoms with Crippen molar-refractivity contribution < 1.29 is 18.4 Å². The van der Waals surface area contributed by atoms with Crippen LogP contribution in [0.5, 0.6) is 0 Å². The monoisotopic (exact) mass is 407 g/mol. The number of aryl methyl sites for hydroxylation is 1. The first-order valence-electron chi connectivity index (χ1n) is 9.37. The van der Waals surface area contributed by atoms with Gasteiger partial charge in [-0.25, -0.2) is 13.6 Å². The van der Waals surface area contributed by atoms with E-state index in [0.29, 0.717) is 11.3 Å². The zero-order valence-corrected chi connectivity index (χ0v) is 16.4. The minimum Gasteiger partial charge on any atom is -0.318 e. The van der Waals surface area contributed by atoms with Crippen LogP contribution in [0.1, 0.15) is 22.5 Å². The van der Waals surface area contributed by atoms with Gasteiger partial charge in [-0.1, -0.05) is 18.2 Å². The summed E-state index contributed by atoms with van der Waals surface area (Å²) >= 11 is 0. The molecule has 7 heteroatoms. The van der Waals surface area contributed by atoms with E-state index in [1.54, 1.807) is 18.2 Å². The van der Waals surface area contributed by atoms with Crippen LogP contribution in [0.4, 0.5) is 13.6 Å².